The number of hydrazine groups is 1. The summed E-state index contributed by atoms with van der Waals surface area (Å²) in [5.74, 6) is 6.13. The summed E-state index contributed by atoms with van der Waals surface area (Å²) in [6, 6.07) is 5.31. The molecular formula is C14H20N2O6. The van der Waals surface area contributed by atoms with Gasteiger partial charge in [-0.15, -0.1) is 0 Å². The van der Waals surface area contributed by atoms with Gasteiger partial charge in [-0.3, -0.25) is 5.43 Å². The lowest BCUT2D eigenvalue weighted by molar-refractivity contribution is 0.0223. The van der Waals surface area contributed by atoms with Gasteiger partial charge >= 0.3 is 6.09 Å². The number of carbonyl (C=O) groups excluding carboxylic acids is 1. The van der Waals surface area contributed by atoms with Gasteiger partial charge in [0.2, 0.25) is 0 Å². The topological polar surface area (TPSA) is 101 Å². The van der Waals surface area contributed by atoms with Gasteiger partial charge in [-0.25, -0.2) is 10.6 Å². The Morgan fingerprint density at radius 1 is 1.05 bits per heavy atom. The minimum atomic E-state index is -0.699. The van der Waals surface area contributed by atoms with Crippen LogP contribution in [-0.2, 0) is 20.8 Å². The zero-order chi connectivity index (χ0) is 15.6. The van der Waals surface area contributed by atoms with Crippen LogP contribution in [0.25, 0.3) is 0 Å². The van der Waals surface area contributed by atoms with Gasteiger partial charge in [-0.05, 0) is 17.7 Å². The number of hydrogen-bond donors (Lipinski definition) is 2. The third-order valence-corrected chi connectivity index (χ3v) is 2.84. The molecule has 1 heterocycles. The molecule has 0 saturated carbocycles. The van der Waals surface area contributed by atoms with Crippen LogP contribution in [0.4, 0.5) is 4.79 Å². The molecular weight excluding hydrogens is 292 g/mol. The number of hydrogen-bond acceptors (Lipinski definition) is 7. The van der Waals surface area contributed by atoms with Crippen molar-refractivity contribution in [2.75, 3.05) is 39.6 Å². The summed E-state index contributed by atoms with van der Waals surface area (Å²) in [5, 5.41) is 0. The number of fused-ring (bicyclic) bond motifs is 1. The molecule has 3 N–H and O–H groups in total. The third-order valence-electron chi connectivity index (χ3n) is 2.84. The molecule has 8 nitrogen and oxygen atoms in total. The average Bonchev–Trinajstić information content (AvgIpc) is 2.53. The van der Waals surface area contributed by atoms with E-state index in [9.17, 15) is 4.79 Å². The van der Waals surface area contributed by atoms with E-state index >= 15 is 0 Å². The second-order valence-electron chi connectivity index (χ2n) is 4.42. The van der Waals surface area contributed by atoms with Crippen molar-refractivity contribution in [1.29, 1.82) is 0 Å². The highest BCUT2D eigenvalue weighted by Crippen LogP contribution is 2.29. The number of amides is 1. The van der Waals surface area contributed by atoms with Crippen LogP contribution in [-0.4, -0.2) is 45.7 Å². The Bertz CT molecular complexity index is 482. The molecule has 0 aliphatic carbocycles. The van der Waals surface area contributed by atoms with Crippen molar-refractivity contribution >= 4 is 6.09 Å². The number of ether oxygens (including phenoxy) is 5. The Hall–Kier alpha value is -2.03. The predicted octanol–water partition coefficient (Wildman–Crippen LogP) is 0.591. The van der Waals surface area contributed by atoms with Gasteiger partial charge in [0.1, 0.15) is 19.8 Å². The smallest absolute Gasteiger partial charge is 0.421 e. The van der Waals surface area contributed by atoms with Gasteiger partial charge in [0.15, 0.2) is 11.5 Å². The summed E-state index contributed by atoms with van der Waals surface area (Å²) in [5.41, 5.74) is 2.66. The zero-order valence-corrected chi connectivity index (χ0v) is 12.2. The van der Waals surface area contributed by atoms with E-state index in [0.29, 0.717) is 51.1 Å². The quantitative estimate of drug-likeness (QED) is 0.468. The normalized spacial score (nSPS) is 16.0. The van der Waals surface area contributed by atoms with E-state index in [4.69, 9.17) is 29.5 Å². The van der Waals surface area contributed by atoms with Crippen molar-refractivity contribution in [3.8, 4) is 11.5 Å². The Morgan fingerprint density at radius 2 is 1.68 bits per heavy atom. The van der Waals surface area contributed by atoms with Gasteiger partial charge in [0, 0.05) is 0 Å². The van der Waals surface area contributed by atoms with Gasteiger partial charge in [0.05, 0.1) is 26.4 Å². The van der Waals surface area contributed by atoms with Crippen LogP contribution < -0.4 is 20.7 Å². The minimum absolute atomic E-state index is 0.0826. The third kappa shape index (κ3) is 5.40. The lowest BCUT2D eigenvalue weighted by atomic mass is 10.2. The van der Waals surface area contributed by atoms with E-state index in [1.165, 1.54) is 0 Å². The molecule has 1 aromatic carbocycles. The predicted molar refractivity (Wildman–Crippen MR) is 76.6 cm³/mol. The number of benzene rings is 1. The van der Waals surface area contributed by atoms with E-state index in [0.717, 1.165) is 5.56 Å². The molecule has 1 aliphatic heterocycles. The van der Waals surface area contributed by atoms with E-state index < -0.39 is 6.09 Å². The van der Waals surface area contributed by atoms with Crippen molar-refractivity contribution in [3.63, 3.8) is 0 Å². The standard InChI is InChI=1S/C14H20N2O6/c15-16-14(17)22-10-11-1-2-12-13(9-11)21-8-6-19-4-3-18-5-7-20-12/h1-2,9H,3-8,10,15H2,(H,16,17). The van der Waals surface area contributed by atoms with Crippen LogP contribution in [0.3, 0.4) is 0 Å². The second kappa shape index (κ2) is 9.08. The molecule has 0 saturated heterocycles. The van der Waals surface area contributed by atoms with Crippen molar-refractivity contribution < 1.29 is 28.5 Å². The number of nitrogens with one attached hydrogen (secondary N) is 1. The molecule has 1 amide bonds. The summed E-state index contributed by atoms with van der Waals surface area (Å²) < 4.78 is 26.9. The van der Waals surface area contributed by atoms with Gasteiger partial charge in [0.25, 0.3) is 0 Å². The fourth-order valence-electron chi connectivity index (χ4n) is 1.81. The molecule has 0 unspecified atom stereocenters. The van der Waals surface area contributed by atoms with E-state index in [-0.39, 0.29) is 6.61 Å². The van der Waals surface area contributed by atoms with Crippen LogP contribution >= 0.6 is 0 Å². The largest absolute Gasteiger partial charge is 0.487 e. The molecule has 0 spiro atoms. The SMILES string of the molecule is NNC(=O)OCc1ccc2c(c1)OCCOCCOCCO2. The second-order valence-corrected chi connectivity index (χ2v) is 4.42. The summed E-state index contributed by atoms with van der Waals surface area (Å²) in [7, 11) is 0. The molecule has 1 aromatic rings. The summed E-state index contributed by atoms with van der Waals surface area (Å²) >= 11 is 0. The first-order chi connectivity index (χ1) is 10.8. The maximum Gasteiger partial charge on any atom is 0.421 e. The van der Waals surface area contributed by atoms with Crippen molar-refractivity contribution in [2.45, 2.75) is 6.61 Å². The fraction of sp³-hybridized carbons (Fsp3) is 0.500. The summed E-state index contributed by atoms with van der Waals surface area (Å²) in [6.45, 7) is 2.89. The highest BCUT2D eigenvalue weighted by Gasteiger charge is 2.09. The minimum Gasteiger partial charge on any atom is -0.487 e. The van der Waals surface area contributed by atoms with Crippen LogP contribution in [0.1, 0.15) is 5.56 Å². The molecule has 0 fully saturated rings. The molecule has 0 bridgehead atoms. The van der Waals surface area contributed by atoms with Gasteiger partial charge in [-0.2, -0.15) is 0 Å². The van der Waals surface area contributed by atoms with Gasteiger partial charge < -0.3 is 23.7 Å². The molecule has 0 atom stereocenters. The van der Waals surface area contributed by atoms with Crippen molar-refractivity contribution in [2.24, 2.45) is 5.84 Å². The first kappa shape index (κ1) is 16.3. The van der Waals surface area contributed by atoms with Crippen LogP contribution in [0, 0.1) is 0 Å². The highest BCUT2D eigenvalue weighted by atomic mass is 16.6. The highest BCUT2D eigenvalue weighted by molar-refractivity contribution is 5.66. The van der Waals surface area contributed by atoms with E-state index in [1.807, 2.05) is 5.43 Å². The Labute approximate surface area is 128 Å². The molecule has 22 heavy (non-hydrogen) atoms. The summed E-state index contributed by atoms with van der Waals surface area (Å²) in [4.78, 5) is 11.0. The number of nitrogens with two attached hydrogens (primary N) is 1. The van der Waals surface area contributed by atoms with E-state index in [1.54, 1.807) is 18.2 Å². The van der Waals surface area contributed by atoms with E-state index in [2.05, 4.69) is 0 Å². The van der Waals surface area contributed by atoms with Crippen LogP contribution in [0.5, 0.6) is 11.5 Å². The Morgan fingerprint density at radius 3 is 2.36 bits per heavy atom. The number of rotatable bonds is 2. The molecule has 1 aliphatic rings. The molecule has 0 aromatic heterocycles. The monoisotopic (exact) mass is 312 g/mol. The maximum absolute atomic E-state index is 11.0. The first-order valence-electron chi connectivity index (χ1n) is 6.97. The van der Waals surface area contributed by atoms with Crippen LogP contribution in [0.2, 0.25) is 0 Å². The number of carbonyl (C=O) groups is 1. The Kier molecular flexibility index (Phi) is 6.75. The maximum atomic E-state index is 11.0. The van der Waals surface area contributed by atoms with Gasteiger partial charge in [-0.1, -0.05) is 6.07 Å². The van der Waals surface area contributed by atoms with Crippen LogP contribution in [0.15, 0.2) is 18.2 Å². The lowest BCUT2D eigenvalue weighted by Gasteiger charge is -2.16. The van der Waals surface area contributed by atoms with Crippen molar-refractivity contribution in [3.05, 3.63) is 23.8 Å². The molecule has 122 valence electrons. The first-order valence-corrected chi connectivity index (χ1v) is 6.97. The fourth-order valence-corrected chi connectivity index (χ4v) is 1.81. The Balaban J connectivity index is 2.02. The zero-order valence-electron chi connectivity index (χ0n) is 12.2. The van der Waals surface area contributed by atoms with Crippen molar-refractivity contribution in [1.82, 2.24) is 5.43 Å². The molecule has 0 radical (unpaired) electrons. The molecule has 2 rings (SSSR count). The summed E-state index contributed by atoms with van der Waals surface area (Å²) in [6.07, 6.45) is -0.699. The lowest BCUT2D eigenvalue weighted by Crippen LogP contribution is -2.30. The molecule has 8 heteroatoms. The average molecular weight is 312 g/mol.